The predicted octanol–water partition coefficient (Wildman–Crippen LogP) is 2.98. The molecule has 2 rings (SSSR count). The van der Waals surface area contributed by atoms with Gasteiger partial charge in [-0.15, -0.1) is 0 Å². The van der Waals surface area contributed by atoms with E-state index < -0.39 is 0 Å². The number of anilines is 1. The average Bonchev–Trinajstić information content (AvgIpc) is 2.59. The van der Waals surface area contributed by atoms with E-state index in [4.69, 9.17) is 5.73 Å². The van der Waals surface area contributed by atoms with Crippen LogP contribution in [0.4, 0.5) is 5.82 Å². The number of benzene rings is 1. The zero-order chi connectivity index (χ0) is 14.4. The van der Waals surface area contributed by atoms with E-state index in [0.29, 0.717) is 11.6 Å². The van der Waals surface area contributed by atoms with Gasteiger partial charge in [-0.25, -0.2) is 0 Å². The van der Waals surface area contributed by atoms with Gasteiger partial charge in [-0.3, -0.25) is 4.68 Å². The number of aromatic nitrogens is 2. The lowest BCUT2D eigenvalue weighted by Crippen LogP contribution is -2.12. The molecule has 0 bridgehead atoms. The van der Waals surface area contributed by atoms with Crippen LogP contribution in [0.5, 0.6) is 5.75 Å². The number of aryl methyl sites for hydroxylation is 2. The minimum atomic E-state index is -0.122. The van der Waals surface area contributed by atoms with Gasteiger partial charge >= 0.3 is 0 Å². The Morgan fingerprint density at radius 1 is 1.21 bits per heavy atom. The van der Waals surface area contributed by atoms with Gasteiger partial charge in [0.05, 0.1) is 6.20 Å². The van der Waals surface area contributed by atoms with Crippen LogP contribution in [0.25, 0.3) is 11.1 Å². The number of hydrogen-bond acceptors (Lipinski definition) is 3. The van der Waals surface area contributed by atoms with Gasteiger partial charge < -0.3 is 10.8 Å². The van der Waals surface area contributed by atoms with Crippen molar-refractivity contribution in [1.29, 1.82) is 0 Å². The molecule has 102 valence electrons. The Kier molecular flexibility index (Phi) is 3.04. The normalized spacial score (nSPS) is 11.8. The van der Waals surface area contributed by atoms with Gasteiger partial charge in [-0.05, 0) is 41.2 Å². The number of nitrogens with zero attached hydrogens (tertiary/aromatic N) is 2. The molecule has 0 spiro atoms. The molecule has 0 aliphatic carbocycles. The molecule has 0 saturated heterocycles. The fraction of sp³-hybridized carbons (Fsp3) is 0.400. The molecule has 1 aromatic carbocycles. The summed E-state index contributed by atoms with van der Waals surface area (Å²) in [5.74, 6) is 0.963. The highest BCUT2D eigenvalue weighted by molar-refractivity contribution is 5.77. The van der Waals surface area contributed by atoms with Crippen molar-refractivity contribution in [1.82, 2.24) is 9.78 Å². The van der Waals surface area contributed by atoms with E-state index in [-0.39, 0.29) is 5.41 Å². The maximum atomic E-state index is 10.1. The Morgan fingerprint density at radius 3 is 2.32 bits per heavy atom. The maximum Gasteiger partial charge on any atom is 0.129 e. The molecule has 0 radical (unpaired) electrons. The van der Waals surface area contributed by atoms with Crippen molar-refractivity contribution in [3.63, 3.8) is 0 Å². The number of aromatic hydroxyl groups is 1. The molecule has 0 aliphatic heterocycles. The largest absolute Gasteiger partial charge is 0.508 e. The Balaban J connectivity index is 2.68. The Bertz CT molecular complexity index is 621. The van der Waals surface area contributed by atoms with Crippen LogP contribution in [0.2, 0.25) is 0 Å². The molecule has 3 N–H and O–H groups in total. The first kappa shape index (κ1) is 13.5. The van der Waals surface area contributed by atoms with Crippen LogP contribution >= 0.6 is 0 Å². The Morgan fingerprint density at radius 2 is 1.84 bits per heavy atom. The van der Waals surface area contributed by atoms with Gasteiger partial charge in [0.1, 0.15) is 11.6 Å². The topological polar surface area (TPSA) is 64.1 Å². The molecule has 0 unspecified atom stereocenters. The van der Waals surface area contributed by atoms with Crippen LogP contribution < -0.4 is 5.73 Å². The van der Waals surface area contributed by atoms with E-state index in [2.05, 4.69) is 25.9 Å². The van der Waals surface area contributed by atoms with Gasteiger partial charge in [0.15, 0.2) is 0 Å². The van der Waals surface area contributed by atoms with Crippen molar-refractivity contribution in [3.8, 4) is 16.9 Å². The third kappa shape index (κ3) is 2.30. The number of nitrogen functional groups attached to an aromatic ring is 1. The fourth-order valence-electron chi connectivity index (χ4n) is 2.24. The second-order valence-corrected chi connectivity index (χ2v) is 6.00. The molecule has 0 atom stereocenters. The first-order valence-corrected chi connectivity index (χ1v) is 6.33. The maximum absolute atomic E-state index is 10.1. The predicted molar refractivity (Wildman–Crippen MR) is 78.2 cm³/mol. The van der Waals surface area contributed by atoms with Crippen LogP contribution in [0.1, 0.15) is 31.9 Å². The monoisotopic (exact) mass is 259 g/mol. The molecule has 19 heavy (non-hydrogen) atoms. The molecular formula is C15H21N3O. The summed E-state index contributed by atoms with van der Waals surface area (Å²) in [6.45, 7) is 8.20. The van der Waals surface area contributed by atoms with E-state index in [0.717, 1.165) is 22.3 Å². The third-order valence-electron chi connectivity index (χ3n) is 3.43. The van der Waals surface area contributed by atoms with E-state index in [1.807, 2.05) is 20.0 Å². The smallest absolute Gasteiger partial charge is 0.129 e. The number of phenols is 1. The van der Waals surface area contributed by atoms with Gasteiger partial charge in [-0.2, -0.15) is 5.10 Å². The highest BCUT2D eigenvalue weighted by Crippen LogP contribution is 2.37. The standard InChI is InChI=1S/C15H21N3O/c1-9-6-13(19)12(15(2,3)4)7-10(9)11-8-17-18(5)14(11)16/h6-8,19H,16H2,1-5H3. The quantitative estimate of drug-likeness (QED) is 0.827. The highest BCUT2D eigenvalue weighted by atomic mass is 16.3. The molecule has 0 aliphatic rings. The lowest BCUT2D eigenvalue weighted by atomic mass is 9.83. The van der Waals surface area contributed by atoms with Crippen molar-refractivity contribution >= 4 is 5.82 Å². The average molecular weight is 259 g/mol. The minimum Gasteiger partial charge on any atom is -0.508 e. The van der Waals surface area contributed by atoms with Crippen LogP contribution in [0, 0.1) is 6.92 Å². The summed E-state index contributed by atoms with van der Waals surface area (Å²) in [6, 6.07) is 3.81. The fourth-order valence-corrected chi connectivity index (χ4v) is 2.24. The molecule has 1 aromatic heterocycles. The van der Waals surface area contributed by atoms with Gasteiger partial charge in [0.25, 0.3) is 0 Å². The van der Waals surface area contributed by atoms with Crippen molar-refractivity contribution in [2.45, 2.75) is 33.1 Å². The SMILES string of the molecule is Cc1cc(O)c(C(C)(C)C)cc1-c1cnn(C)c1N. The first-order chi connectivity index (χ1) is 8.71. The molecule has 2 aromatic rings. The van der Waals surface area contributed by atoms with Crippen molar-refractivity contribution in [2.75, 3.05) is 5.73 Å². The summed E-state index contributed by atoms with van der Waals surface area (Å²) in [5, 5.41) is 14.3. The summed E-state index contributed by atoms with van der Waals surface area (Å²) >= 11 is 0. The molecule has 4 nitrogen and oxygen atoms in total. The zero-order valence-corrected chi connectivity index (χ0v) is 12.2. The Labute approximate surface area is 113 Å². The first-order valence-electron chi connectivity index (χ1n) is 6.33. The zero-order valence-electron chi connectivity index (χ0n) is 12.2. The van der Waals surface area contributed by atoms with Crippen LogP contribution in [-0.2, 0) is 12.5 Å². The minimum absolute atomic E-state index is 0.122. The Hall–Kier alpha value is -1.97. The van der Waals surface area contributed by atoms with Gasteiger partial charge in [0, 0.05) is 12.6 Å². The van der Waals surface area contributed by atoms with Crippen molar-refractivity contribution in [2.24, 2.45) is 7.05 Å². The van der Waals surface area contributed by atoms with Gasteiger partial charge in [0.2, 0.25) is 0 Å². The van der Waals surface area contributed by atoms with Crippen LogP contribution in [-0.4, -0.2) is 14.9 Å². The molecule has 0 fully saturated rings. The summed E-state index contributed by atoms with van der Waals surface area (Å²) in [7, 11) is 1.82. The second kappa shape index (κ2) is 4.30. The van der Waals surface area contributed by atoms with Crippen molar-refractivity contribution < 1.29 is 5.11 Å². The summed E-state index contributed by atoms with van der Waals surface area (Å²) < 4.78 is 1.65. The second-order valence-electron chi connectivity index (χ2n) is 6.00. The summed E-state index contributed by atoms with van der Waals surface area (Å²) in [6.07, 6.45) is 1.77. The van der Waals surface area contributed by atoms with E-state index >= 15 is 0 Å². The third-order valence-corrected chi connectivity index (χ3v) is 3.43. The van der Waals surface area contributed by atoms with Crippen LogP contribution in [0.15, 0.2) is 18.3 Å². The number of rotatable bonds is 1. The number of nitrogens with two attached hydrogens (primary N) is 1. The van der Waals surface area contributed by atoms with E-state index in [1.165, 1.54) is 0 Å². The lowest BCUT2D eigenvalue weighted by Gasteiger charge is -2.22. The molecule has 0 saturated carbocycles. The molecular weight excluding hydrogens is 238 g/mol. The highest BCUT2D eigenvalue weighted by Gasteiger charge is 2.21. The van der Waals surface area contributed by atoms with Crippen LogP contribution in [0.3, 0.4) is 0 Å². The number of phenolic OH excluding ortho intramolecular Hbond substituents is 1. The molecule has 0 amide bonds. The summed E-state index contributed by atoms with van der Waals surface area (Å²) in [5.41, 5.74) is 9.75. The molecule has 1 heterocycles. The van der Waals surface area contributed by atoms with E-state index in [1.54, 1.807) is 16.9 Å². The summed E-state index contributed by atoms with van der Waals surface area (Å²) in [4.78, 5) is 0. The molecule has 4 heteroatoms. The number of hydrogen-bond donors (Lipinski definition) is 2. The van der Waals surface area contributed by atoms with Crippen molar-refractivity contribution in [3.05, 3.63) is 29.5 Å². The lowest BCUT2D eigenvalue weighted by molar-refractivity contribution is 0.446. The van der Waals surface area contributed by atoms with E-state index in [9.17, 15) is 5.11 Å². The van der Waals surface area contributed by atoms with Gasteiger partial charge in [-0.1, -0.05) is 20.8 Å².